The molecule has 0 aliphatic rings. The summed E-state index contributed by atoms with van der Waals surface area (Å²) in [4.78, 5) is 12.2. The molecule has 2 aromatic carbocycles. The molecule has 6 heteroatoms. The first-order valence-corrected chi connectivity index (χ1v) is 7.97. The number of benzene rings is 2. The first-order chi connectivity index (χ1) is 12.0. The third-order valence-corrected chi connectivity index (χ3v) is 3.87. The van der Waals surface area contributed by atoms with Crippen LogP contribution >= 0.6 is 0 Å². The Hall–Kier alpha value is -3.02. The van der Waals surface area contributed by atoms with Gasteiger partial charge in [-0.15, -0.1) is 10.2 Å². The third-order valence-electron chi connectivity index (χ3n) is 3.87. The molecule has 1 aromatic heterocycles. The number of aryl methyl sites for hydroxylation is 3. The number of para-hydroxylation sites is 1. The van der Waals surface area contributed by atoms with E-state index in [4.69, 9.17) is 4.42 Å². The smallest absolute Gasteiger partial charge is 0.247 e. The summed E-state index contributed by atoms with van der Waals surface area (Å²) in [7, 11) is 0. The van der Waals surface area contributed by atoms with E-state index in [1.807, 2.05) is 32.0 Å². The molecular weight excluding hydrogens is 321 g/mol. The SMILES string of the molecule is Cc1cccc(C)c1NC(=O)CCc1nnc(-c2ccc(F)cc2)o1. The van der Waals surface area contributed by atoms with Crippen LogP contribution in [0.5, 0.6) is 0 Å². The molecule has 1 heterocycles. The fourth-order valence-corrected chi connectivity index (χ4v) is 2.50. The normalized spacial score (nSPS) is 10.7. The zero-order chi connectivity index (χ0) is 17.8. The van der Waals surface area contributed by atoms with Gasteiger partial charge in [0.25, 0.3) is 0 Å². The average Bonchev–Trinajstić information content (AvgIpc) is 3.06. The van der Waals surface area contributed by atoms with Crippen LogP contribution in [0.25, 0.3) is 11.5 Å². The van der Waals surface area contributed by atoms with Gasteiger partial charge in [-0.05, 0) is 49.2 Å². The van der Waals surface area contributed by atoms with Gasteiger partial charge in [-0.2, -0.15) is 0 Å². The van der Waals surface area contributed by atoms with E-state index in [1.165, 1.54) is 12.1 Å². The van der Waals surface area contributed by atoms with Gasteiger partial charge in [0.2, 0.25) is 17.7 Å². The molecule has 0 saturated heterocycles. The maximum atomic E-state index is 12.9. The Morgan fingerprint density at radius 2 is 1.76 bits per heavy atom. The van der Waals surface area contributed by atoms with E-state index in [9.17, 15) is 9.18 Å². The Bertz CT molecular complexity index is 868. The highest BCUT2D eigenvalue weighted by Gasteiger charge is 2.12. The van der Waals surface area contributed by atoms with Gasteiger partial charge in [-0.1, -0.05) is 18.2 Å². The van der Waals surface area contributed by atoms with E-state index in [2.05, 4.69) is 15.5 Å². The molecule has 0 spiro atoms. The molecule has 25 heavy (non-hydrogen) atoms. The first kappa shape index (κ1) is 16.8. The van der Waals surface area contributed by atoms with Crippen molar-refractivity contribution in [2.24, 2.45) is 0 Å². The number of hydrogen-bond donors (Lipinski definition) is 1. The molecular formula is C19H18FN3O2. The van der Waals surface area contributed by atoms with Gasteiger partial charge in [0, 0.05) is 24.1 Å². The molecule has 1 N–H and O–H groups in total. The maximum absolute atomic E-state index is 12.9. The predicted molar refractivity (Wildman–Crippen MR) is 92.6 cm³/mol. The fraction of sp³-hybridized carbons (Fsp3) is 0.211. The summed E-state index contributed by atoms with van der Waals surface area (Å²) < 4.78 is 18.5. The largest absolute Gasteiger partial charge is 0.421 e. The Morgan fingerprint density at radius 3 is 2.44 bits per heavy atom. The van der Waals surface area contributed by atoms with Crippen molar-refractivity contribution in [3.8, 4) is 11.5 Å². The summed E-state index contributed by atoms with van der Waals surface area (Å²) in [6.45, 7) is 3.91. The number of carbonyl (C=O) groups excluding carboxylic acids is 1. The van der Waals surface area contributed by atoms with Gasteiger partial charge in [0.15, 0.2) is 0 Å². The Balaban J connectivity index is 1.60. The summed E-state index contributed by atoms with van der Waals surface area (Å²) in [5.74, 6) is 0.242. The first-order valence-electron chi connectivity index (χ1n) is 7.97. The highest BCUT2D eigenvalue weighted by atomic mass is 19.1. The van der Waals surface area contributed by atoms with Crippen LogP contribution in [0, 0.1) is 19.7 Å². The number of rotatable bonds is 5. The quantitative estimate of drug-likeness (QED) is 0.761. The van der Waals surface area contributed by atoms with Crippen LogP contribution < -0.4 is 5.32 Å². The fourth-order valence-electron chi connectivity index (χ4n) is 2.50. The lowest BCUT2D eigenvalue weighted by Gasteiger charge is -2.10. The number of halogens is 1. The zero-order valence-corrected chi connectivity index (χ0v) is 14.0. The molecule has 0 bridgehead atoms. The highest BCUT2D eigenvalue weighted by molar-refractivity contribution is 5.92. The molecule has 0 fully saturated rings. The van der Waals surface area contributed by atoms with Crippen LogP contribution in [-0.2, 0) is 11.2 Å². The van der Waals surface area contributed by atoms with Crippen molar-refractivity contribution in [2.45, 2.75) is 26.7 Å². The molecule has 1 amide bonds. The third kappa shape index (κ3) is 4.09. The molecule has 128 valence electrons. The number of carbonyl (C=O) groups is 1. The number of anilines is 1. The van der Waals surface area contributed by atoms with Gasteiger partial charge in [0.1, 0.15) is 5.82 Å². The van der Waals surface area contributed by atoms with Crippen molar-refractivity contribution in [2.75, 3.05) is 5.32 Å². The van der Waals surface area contributed by atoms with Crippen molar-refractivity contribution >= 4 is 11.6 Å². The topological polar surface area (TPSA) is 68.0 Å². The minimum Gasteiger partial charge on any atom is -0.421 e. The molecule has 3 aromatic rings. The van der Waals surface area contributed by atoms with Crippen molar-refractivity contribution < 1.29 is 13.6 Å². The van der Waals surface area contributed by atoms with Crippen LogP contribution in [0.4, 0.5) is 10.1 Å². The number of hydrogen-bond acceptors (Lipinski definition) is 4. The molecule has 0 saturated carbocycles. The molecule has 0 radical (unpaired) electrons. The maximum Gasteiger partial charge on any atom is 0.247 e. The Labute approximate surface area is 144 Å². The monoisotopic (exact) mass is 339 g/mol. The Kier molecular flexibility index (Phi) is 4.88. The summed E-state index contributed by atoms with van der Waals surface area (Å²) in [5.41, 5.74) is 3.51. The van der Waals surface area contributed by atoms with Gasteiger partial charge in [0.05, 0.1) is 0 Å². The van der Waals surface area contributed by atoms with E-state index < -0.39 is 0 Å². The van der Waals surface area contributed by atoms with Crippen LogP contribution in [0.2, 0.25) is 0 Å². The van der Waals surface area contributed by atoms with Crippen molar-refractivity contribution in [3.63, 3.8) is 0 Å². The van der Waals surface area contributed by atoms with Crippen molar-refractivity contribution in [1.82, 2.24) is 10.2 Å². The lowest BCUT2D eigenvalue weighted by atomic mass is 10.1. The summed E-state index contributed by atoms with van der Waals surface area (Å²) in [6, 6.07) is 11.7. The lowest BCUT2D eigenvalue weighted by Crippen LogP contribution is -2.14. The Morgan fingerprint density at radius 1 is 1.08 bits per heavy atom. The average molecular weight is 339 g/mol. The number of aromatic nitrogens is 2. The van der Waals surface area contributed by atoms with Gasteiger partial charge < -0.3 is 9.73 Å². The van der Waals surface area contributed by atoms with Crippen LogP contribution in [-0.4, -0.2) is 16.1 Å². The second-order valence-electron chi connectivity index (χ2n) is 5.82. The molecule has 0 atom stereocenters. The summed E-state index contributed by atoms with van der Waals surface area (Å²) in [5, 5.41) is 10.8. The van der Waals surface area contributed by atoms with E-state index in [0.29, 0.717) is 23.8 Å². The lowest BCUT2D eigenvalue weighted by molar-refractivity contribution is -0.116. The van der Waals surface area contributed by atoms with Crippen molar-refractivity contribution in [1.29, 1.82) is 0 Å². The van der Waals surface area contributed by atoms with E-state index >= 15 is 0 Å². The van der Waals surface area contributed by atoms with E-state index in [-0.39, 0.29) is 18.1 Å². The van der Waals surface area contributed by atoms with Crippen molar-refractivity contribution in [3.05, 3.63) is 65.3 Å². The summed E-state index contributed by atoms with van der Waals surface area (Å²) >= 11 is 0. The highest BCUT2D eigenvalue weighted by Crippen LogP contribution is 2.21. The predicted octanol–water partition coefficient (Wildman–Crippen LogP) is 4.06. The molecule has 3 rings (SSSR count). The van der Waals surface area contributed by atoms with Crippen LogP contribution in [0.1, 0.15) is 23.4 Å². The van der Waals surface area contributed by atoms with E-state index in [0.717, 1.165) is 16.8 Å². The minimum atomic E-state index is -0.327. The van der Waals surface area contributed by atoms with Gasteiger partial charge >= 0.3 is 0 Å². The van der Waals surface area contributed by atoms with Crippen LogP contribution in [0.3, 0.4) is 0 Å². The van der Waals surface area contributed by atoms with Gasteiger partial charge in [-0.3, -0.25) is 4.79 Å². The minimum absolute atomic E-state index is 0.112. The van der Waals surface area contributed by atoms with Crippen LogP contribution in [0.15, 0.2) is 46.9 Å². The second kappa shape index (κ2) is 7.25. The standard InChI is InChI=1S/C19H18FN3O2/c1-12-4-3-5-13(2)18(12)21-16(24)10-11-17-22-23-19(25-17)14-6-8-15(20)9-7-14/h3-9H,10-11H2,1-2H3,(H,21,24). The molecule has 0 aliphatic carbocycles. The zero-order valence-electron chi connectivity index (χ0n) is 14.0. The summed E-state index contributed by atoms with van der Waals surface area (Å²) in [6.07, 6.45) is 0.573. The van der Waals surface area contributed by atoms with E-state index in [1.54, 1.807) is 12.1 Å². The van der Waals surface area contributed by atoms with Gasteiger partial charge in [-0.25, -0.2) is 4.39 Å². The second-order valence-corrected chi connectivity index (χ2v) is 5.82. The number of nitrogens with one attached hydrogen (secondary N) is 1. The number of nitrogens with zero attached hydrogens (tertiary/aromatic N) is 2. The molecule has 0 unspecified atom stereocenters. The molecule has 0 aliphatic heterocycles. The molecule has 5 nitrogen and oxygen atoms in total. The number of amides is 1.